The number of alkyl halides is 1. The Balaban J connectivity index is 2.24. The Morgan fingerprint density at radius 2 is 1.57 bits per heavy atom. The van der Waals surface area contributed by atoms with Gasteiger partial charge in [-0.2, -0.15) is 0 Å². The van der Waals surface area contributed by atoms with E-state index in [0.29, 0.717) is 16.6 Å². The van der Waals surface area contributed by atoms with Crippen molar-refractivity contribution in [2.45, 2.75) is 11.9 Å². The molecule has 0 aliphatic carbocycles. The average molecular weight is 437 g/mol. The van der Waals surface area contributed by atoms with Crippen LogP contribution in [0.2, 0.25) is 0 Å². The third-order valence-electron chi connectivity index (χ3n) is 4.10. The quantitative estimate of drug-likeness (QED) is 0.455. The molecule has 0 N–H and O–H groups in total. The Hall–Kier alpha value is -2.92. The molecule has 3 aromatic rings. The number of rotatable bonds is 5. The summed E-state index contributed by atoms with van der Waals surface area (Å²) in [5.41, 5.74) is 1.68. The van der Waals surface area contributed by atoms with Crippen LogP contribution in [0.1, 0.15) is 18.1 Å². The number of benzene rings is 2. The fraction of sp³-hybridized carbons (Fsp3) is 0.130. The van der Waals surface area contributed by atoms with Crippen LogP contribution in [0.25, 0.3) is 12.2 Å². The SMILES string of the molecule is CC=CC(Br)Oc1nc(=Cc2ccccc2)c(=O)n(C)c1=Cc1ccccc1. The summed E-state index contributed by atoms with van der Waals surface area (Å²) in [5, 5.41) is 0.583. The van der Waals surface area contributed by atoms with Crippen molar-refractivity contribution in [3.05, 3.63) is 105 Å². The van der Waals surface area contributed by atoms with E-state index in [-0.39, 0.29) is 10.6 Å². The highest BCUT2D eigenvalue weighted by Crippen LogP contribution is 2.08. The number of ether oxygens (including phenoxy) is 1. The summed E-state index contributed by atoms with van der Waals surface area (Å²) in [6, 6.07) is 19.4. The van der Waals surface area contributed by atoms with E-state index < -0.39 is 0 Å². The zero-order valence-corrected chi connectivity index (χ0v) is 17.3. The van der Waals surface area contributed by atoms with E-state index in [4.69, 9.17) is 4.74 Å². The first-order valence-corrected chi connectivity index (χ1v) is 9.84. The molecule has 4 nitrogen and oxygen atoms in total. The first kappa shape index (κ1) is 19.8. The summed E-state index contributed by atoms with van der Waals surface area (Å²) in [6.07, 6.45) is 7.41. The summed E-state index contributed by atoms with van der Waals surface area (Å²) in [4.78, 5) is 17.5. The van der Waals surface area contributed by atoms with Gasteiger partial charge in [-0.1, -0.05) is 66.7 Å². The lowest BCUT2D eigenvalue weighted by molar-refractivity contribution is 0.315. The molecule has 1 aromatic heterocycles. The Bertz CT molecular complexity index is 1140. The lowest BCUT2D eigenvalue weighted by Crippen LogP contribution is -2.44. The molecular formula is C23H21BrN2O2. The fourth-order valence-electron chi connectivity index (χ4n) is 2.69. The summed E-state index contributed by atoms with van der Waals surface area (Å²) in [6.45, 7) is 1.91. The molecule has 28 heavy (non-hydrogen) atoms. The average Bonchev–Trinajstić information content (AvgIpc) is 2.71. The molecule has 0 spiro atoms. The third-order valence-corrected chi connectivity index (χ3v) is 4.59. The normalized spacial score (nSPS) is 13.8. The van der Waals surface area contributed by atoms with Crippen molar-refractivity contribution < 1.29 is 4.74 Å². The van der Waals surface area contributed by atoms with Crippen LogP contribution < -0.4 is 21.0 Å². The Kier molecular flexibility index (Phi) is 6.61. The van der Waals surface area contributed by atoms with Gasteiger partial charge in [-0.05, 0) is 52.2 Å². The third kappa shape index (κ3) is 4.87. The van der Waals surface area contributed by atoms with Crippen molar-refractivity contribution in [1.82, 2.24) is 9.55 Å². The number of hydrogen-bond donors (Lipinski definition) is 0. The largest absolute Gasteiger partial charge is 0.457 e. The first-order chi connectivity index (χ1) is 13.6. The Morgan fingerprint density at radius 1 is 1.00 bits per heavy atom. The van der Waals surface area contributed by atoms with E-state index >= 15 is 0 Å². The van der Waals surface area contributed by atoms with Gasteiger partial charge in [0.05, 0.1) is 0 Å². The van der Waals surface area contributed by atoms with Crippen LogP contribution in [0.15, 0.2) is 77.6 Å². The van der Waals surface area contributed by atoms with Crippen molar-refractivity contribution in [2.24, 2.45) is 7.05 Å². The monoisotopic (exact) mass is 436 g/mol. The van der Waals surface area contributed by atoms with Gasteiger partial charge in [0.2, 0.25) is 5.88 Å². The van der Waals surface area contributed by atoms with Crippen LogP contribution in [-0.2, 0) is 7.05 Å². The smallest absolute Gasteiger partial charge is 0.276 e. The molecule has 2 aromatic carbocycles. The van der Waals surface area contributed by atoms with Crippen molar-refractivity contribution in [1.29, 1.82) is 0 Å². The van der Waals surface area contributed by atoms with Gasteiger partial charge in [0.15, 0.2) is 5.01 Å². The van der Waals surface area contributed by atoms with Crippen molar-refractivity contribution in [2.75, 3.05) is 0 Å². The molecule has 0 aliphatic rings. The van der Waals surface area contributed by atoms with Crippen molar-refractivity contribution in [3.63, 3.8) is 0 Å². The van der Waals surface area contributed by atoms with E-state index in [9.17, 15) is 4.79 Å². The van der Waals surface area contributed by atoms with E-state index in [0.717, 1.165) is 11.1 Å². The number of nitrogens with zero attached hydrogens (tertiary/aromatic N) is 2. The molecule has 3 rings (SSSR count). The molecule has 0 saturated heterocycles. The number of aromatic nitrogens is 2. The fourth-order valence-corrected chi connectivity index (χ4v) is 3.17. The topological polar surface area (TPSA) is 44.1 Å². The van der Waals surface area contributed by atoms with E-state index in [1.165, 1.54) is 0 Å². The maximum Gasteiger partial charge on any atom is 0.276 e. The molecule has 5 heteroatoms. The van der Waals surface area contributed by atoms with Crippen LogP contribution in [0.5, 0.6) is 5.88 Å². The zero-order chi connectivity index (χ0) is 19.9. The van der Waals surface area contributed by atoms with E-state index in [1.807, 2.05) is 85.8 Å². The summed E-state index contributed by atoms with van der Waals surface area (Å²) >= 11 is 3.47. The maximum absolute atomic E-state index is 12.9. The summed E-state index contributed by atoms with van der Waals surface area (Å²) < 4.78 is 7.55. The molecular weight excluding hydrogens is 416 g/mol. The second-order valence-electron chi connectivity index (χ2n) is 6.16. The highest BCUT2D eigenvalue weighted by Gasteiger charge is 2.10. The minimum atomic E-state index is -0.352. The number of hydrogen-bond acceptors (Lipinski definition) is 3. The standard InChI is InChI=1S/C23H21BrN2O2/c1-3-10-21(24)28-22-20(16-18-13-8-5-9-14-18)26(2)23(27)19(25-22)15-17-11-6-4-7-12-17/h3-16,21H,1-2H3. The Morgan fingerprint density at radius 3 is 2.14 bits per heavy atom. The van der Waals surface area contributed by atoms with Crippen LogP contribution in [-0.4, -0.2) is 14.6 Å². The molecule has 0 aliphatic heterocycles. The predicted molar refractivity (Wildman–Crippen MR) is 117 cm³/mol. The summed E-state index contributed by atoms with van der Waals surface area (Å²) in [7, 11) is 1.73. The molecule has 1 heterocycles. The molecule has 1 unspecified atom stereocenters. The van der Waals surface area contributed by atoms with Gasteiger partial charge in [-0.15, -0.1) is 0 Å². The first-order valence-electron chi connectivity index (χ1n) is 8.92. The van der Waals surface area contributed by atoms with Gasteiger partial charge in [-0.25, -0.2) is 4.98 Å². The number of allylic oxidation sites excluding steroid dienone is 1. The minimum absolute atomic E-state index is 0.185. The van der Waals surface area contributed by atoms with Gasteiger partial charge in [0, 0.05) is 7.05 Å². The lowest BCUT2D eigenvalue weighted by atomic mass is 10.2. The maximum atomic E-state index is 12.9. The van der Waals surface area contributed by atoms with Crippen molar-refractivity contribution >= 4 is 28.1 Å². The van der Waals surface area contributed by atoms with E-state index in [2.05, 4.69) is 20.9 Å². The van der Waals surface area contributed by atoms with Crippen LogP contribution in [0.3, 0.4) is 0 Å². The predicted octanol–water partition coefficient (Wildman–Crippen LogP) is 3.11. The van der Waals surface area contributed by atoms with Crippen molar-refractivity contribution in [3.8, 4) is 5.88 Å². The summed E-state index contributed by atoms with van der Waals surface area (Å²) in [5.74, 6) is 0.383. The molecule has 0 amide bonds. The molecule has 0 radical (unpaired) electrons. The lowest BCUT2D eigenvalue weighted by Gasteiger charge is -2.11. The van der Waals surface area contributed by atoms with E-state index in [1.54, 1.807) is 17.7 Å². The molecule has 0 fully saturated rings. The number of halogens is 1. The molecule has 0 saturated carbocycles. The van der Waals surface area contributed by atoms with Gasteiger partial charge in [0.25, 0.3) is 5.56 Å². The van der Waals surface area contributed by atoms with Crippen LogP contribution in [0.4, 0.5) is 0 Å². The second kappa shape index (κ2) is 9.33. The van der Waals surface area contributed by atoms with Crippen LogP contribution in [0, 0.1) is 0 Å². The second-order valence-corrected chi connectivity index (χ2v) is 7.06. The molecule has 142 valence electrons. The highest BCUT2D eigenvalue weighted by molar-refractivity contribution is 9.09. The van der Waals surface area contributed by atoms with Crippen LogP contribution >= 0.6 is 15.9 Å². The van der Waals surface area contributed by atoms with Gasteiger partial charge >= 0.3 is 0 Å². The zero-order valence-electron chi connectivity index (χ0n) is 15.7. The highest BCUT2D eigenvalue weighted by atomic mass is 79.9. The van der Waals surface area contributed by atoms with Gasteiger partial charge < -0.3 is 9.30 Å². The Labute approximate surface area is 172 Å². The van der Waals surface area contributed by atoms with Gasteiger partial charge in [0.1, 0.15) is 10.7 Å². The minimum Gasteiger partial charge on any atom is -0.457 e. The molecule has 1 atom stereocenters. The van der Waals surface area contributed by atoms with Gasteiger partial charge in [-0.3, -0.25) is 4.79 Å². The molecule has 0 bridgehead atoms.